The molecule has 0 aliphatic heterocycles. The van der Waals surface area contributed by atoms with Crippen LogP contribution in [0.3, 0.4) is 0 Å². The van der Waals surface area contributed by atoms with Gasteiger partial charge in [-0.3, -0.25) is 0 Å². The monoisotopic (exact) mass is 300 g/mol. The van der Waals surface area contributed by atoms with Crippen LogP contribution in [0.5, 0.6) is 0 Å². The third kappa shape index (κ3) is 17.2. The van der Waals surface area contributed by atoms with E-state index in [1.54, 1.807) is 0 Å². The first-order valence-corrected chi connectivity index (χ1v) is 8.61. The first-order valence-electron chi connectivity index (χ1n) is 8.61. The van der Waals surface area contributed by atoms with Gasteiger partial charge in [0.1, 0.15) is 0 Å². The summed E-state index contributed by atoms with van der Waals surface area (Å²) in [6, 6.07) is 0. The van der Waals surface area contributed by atoms with Crippen molar-refractivity contribution in [2.45, 2.75) is 86.0 Å². The summed E-state index contributed by atoms with van der Waals surface area (Å²) in [7, 11) is 0. The summed E-state index contributed by atoms with van der Waals surface area (Å²) in [6.45, 7) is 12.2. The van der Waals surface area contributed by atoms with E-state index in [1.165, 1.54) is 25.7 Å². The lowest BCUT2D eigenvalue weighted by Gasteiger charge is -2.17. The Morgan fingerprint density at radius 1 is 0.857 bits per heavy atom. The molecule has 0 atom stereocenters. The molecule has 3 heteroatoms. The molecule has 0 heterocycles. The third-order valence-electron chi connectivity index (χ3n) is 3.44. The van der Waals surface area contributed by atoms with E-state index in [4.69, 9.17) is 9.47 Å². The molecule has 0 rings (SSSR count). The molecule has 0 unspecified atom stereocenters. The first-order chi connectivity index (χ1) is 9.81. The van der Waals surface area contributed by atoms with Gasteiger partial charge in [0.15, 0.2) is 0 Å². The molecule has 21 heavy (non-hydrogen) atoms. The van der Waals surface area contributed by atoms with Crippen LogP contribution in [-0.2, 0) is 9.47 Å². The number of ether oxygens (including phenoxy) is 2. The summed E-state index contributed by atoms with van der Waals surface area (Å²) in [5.74, 6) is 0.718. The molecule has 0 aliphatic carbocycles. The minimum atomic E-state index is -0.505. The summed E-state index contributed by atoms with van der Waals surface area (Å²) in [6.07, 6.45) is 8.51. The van der Waals surface area contributed by atoms with Crippen LogP contribution in [0.15, 0.2) is 0 Å². The number of rotatable bonds is 11. The van der Waals surface area contributed by atoms with Crippen LogP contribution in [-0.4, -0.2) is 19.4 Å². The summed E-state index contributed by atoms with van der Waals surface area (Å²) in [4.78, 5) is 11.3. The predicted molar refractivity (Wildman–Crippen MR) is 88.5 cm³/mol. The van der Waals surface area contributed by atoms with Gasteiger partial charge in [0.05, 0.1) is 13.2 Å². The molecule has 3 nitrogen and oxygen atoms in total. The Morgan fingerprint density at radius 2 is 1.38 bits per heavy atom. The van der Waals surface area contributed by atoms with E-state index in [0.717, 1.165) is 31.6 Å². The molecule has 0 bridgehead atoms. The summed E-state index contributed by atoms with van der Waals surface area (Å²) >= 11 is 0. The summed E-state index contributed by atoms with van der Waals surface area (Å²) < 4.78 is 10.1. The van der Waals surface area contributed by atoms with Crippen LogP contribution < -0.4 is 0 Å². The van der Waals surface area contributed by atoms with Crippen molar-refractivity contribution >= 4 is 6.16 Å². The number of carbonyl (C=O) groups is 1. The molecule has 0 aromatic heterocycles. The van der Waals surface area contributed by atoms with Crippen molar-refractivity contribution < 1.29 is 14.3 Å². The molecule has 0 radical (unpaired) electrons. The average Bonchev–Trinajstić information content (AvgIpc) is 2.35. The van der Waals surface area contributed by atoms with Crippen molar-refractivity contribution in [2.75, 3.05) is 13.2 Å². The summed E-state index contributed by atoms with van der Waals surface area (Å²) in [5, 5.41) is 0. The van der Waals surface area contributed by atoms with Gasteiger partial charge in [-0.05, 0) is 37.0 Å². The van der Waals surface area contributed by atoms with E-state index in [2.05, 4.69) is 34.6 Å². The van der Waals surface area contributed by atoms with Crippen molar-refractivity contribution in [3.05, 3.63) is 0 Å². The Bertz CT molecular complexity index is 254. The van der Waals surface area contributed by atoms with Crippen LogP contribution in [0.4, 0.5) is 4.79 Å². The fraction of sp³-hybridized carbons (Fsp3) is 0.944. The Kier molecular flexibility index (Phi) is 11.5. The van der Waals surface area contributed by atoms with Crippen molar-refractivity contribution in [3.63, 3.8) is 0 Å². The Hall–Kier alpha value is -0.730. The fourth-order valence-corrected chi connectivity index (χ4v) is 2.12. The van der Waals surface area contributed by atoms with Gasteiger partial charge >= 0.3 is 6.16 Å². The molecule has 0 amide bonds. The zero-order valence-electron chi connectivity index (χ0n) is 14.9. The number of hydrogen-bond donors (Lipinski definition) is 0. The molecule has 0 aromatic carbocycles. The molecular weight excluding hydrogens is 264 g/mol. The average molecular weight is 300 g/mol. The lowest BCUT2D eigenvalue weighted by molar-refractivity contribution is 0.0527. The lowest BCUT2D eigenvalue weighted by atomic mass is 9.89. The van der Waals surface area contributed by atoms with Gasteiger partial charge in [-0.25, -0.2) is 4.79 Å². The standard InChI is InChI=1S/C18H36O3/c1-16(2)12-8-11-15-21-17(19)20-14-10-7-6-9-13-18(3,4)5/h16H,6-15H2,1-5H3. The fourth-order valence-electron chi connectivity index (χ4n) is 2.12. The van der Waals surface area contributed by atoms with E-state index in [0.29, 0.717) is 18.6 Å². The van der Waals surface area contributed by atoms with Gasteiger partial charge in [0.25, 0.3) is 0 Å². The van der Waals surface area contributed by atoms with Gasteiger partial charge in [0, 0.05) is 0 Å². The van der Waals surface area contributed by atoms with Gasteiger partial charge in [-0.1, -0.05) is 60.3 Å². The van der Waals surface area contributed by atoms with E-state index in [9.17, 15) is 4.79 Å². The van der Waals surface area contributed by atoms with Crippen molar-refractivity contribution in [1.82, 2.24) is 0 Å². The highest BCUT2D eigenvalue weighted by molar-refractivity contribution is 5.59. The second kappa shape index (κ2) is 11.9. The van der Waals surface area contributed by atoms with Crippen LogP contribution in [0.1, 0.15) is 86.0 Å². The number of carbonyl (C=O) groups excluding carboxylic acids is 1. The zero-order valence-corrected chi connectivity index (χ0v) is 14.9. The van der Waals surface area contributed by atoms with Gasteiger partial charge in [0.2, 0.25) is 0 Å². The highest BCUT2D eigenvalue weighted by Gasteiger charge is 2.09. The molecule has 0 saturated heterocycles. The third-order valence-corrected chi connectivity index (χ3v) is 3.44. The van der Waals surface area contributed by atoms with Crippen LogP contribution in [0.25, 0.3) is 0 Å². The molecule has 0 spiro atoms. The largest absolute Gasteiger partial charge is 0.508 e. The minimum Gasteiger partial charge on any atom is -0.434 e. The predicted octanol–water partition coefficient (Wildman–Crippen LogP) is 5.96. The van der Waals surface area contributed by atoms with Crippen LogP contribution >= 0.6 is 0 Å². The van der Waals surface area contributed by atoms with E-state index < -0.39 is 6.16 Å². The summed E-state index contributed by atoms with van der Waals surface area (Å²) in [5.41, 5.74) is 0.426. The Labute approximate surface area is 131 Å². The maximum atomic E-state index is 11.3. The van der Waals surface area contributed by atoms with Gasteiger partial charge < -0.3 is 9.47 Å². The number of unbranched alkanes of at least 4 members (excludes halogenated alkanes) is 4. The highest BCUT2D eigenvalue weighted by atomic mass is 16.7. The minimum absolute atomic E-state index is 0.426. The molecule has 0 aliphatic rings. The SMILES string of the molecule is CC(C)CCCCOC(=O)OCCCCCCC(C)(C)C. The molecule has 0 N–H and O–H groups in total. The second-order valence-electron chi connectivity index (χ2n) is 7.56. The second-order valence-corrected chi connectivity index (χ2v) is 7.56. The van der Waals surface area contributed by atoms with Crippen molar-refractivity contribution in [3.8, 4) is 0 Å². The van der Waals surface area contributed by atoms with E-state index in [1.807, 2.05) is 0 Å². The topological polar surface area (TPSA) is 35.5 Å². The van der Waals surface area contributed by atoms with E-state index >= 15 is 0 Å². The van der Waals surface area contributed by atoms with Crippen molar-refractivity contribution in [2.24, 2.45) is 11.3 Å². The zero-order chi connectivity index (χ0) is 16.1. The molecule has 0 saturated carbocycles. The van der Waals surface area contributed by atoms with Gasteiger partial charge in [-0.2, -0.15) is 0 Å². The highest BCUT2D eigenvalue weighted by Crippen LogP contribution is 2.22. The quantitative estimate of drug-likeness (QED) is 0.349. The molecule has 0 fully saturated rings. The normalized spacial score (nSPS) is 11.7. The Morgan fingerprint density at radius 3 is 1.90 bits per heavy atom. The molecule has 0 aromatic rings. The molecule has 126 valence electrons. The smallest absolute Gasteiger partial charge is 0.434 e. The molecular formula is C18H36O3. The van der Waals surface area contributed by atoms with E-state index in [-0.39, 0.29) is 0 Å². The van der Waals surface area contributed by atoms with Gasteiger partial charge in [-0.15, -0.1) is 0 Å². The first kappa shape index (κ1) is 20.3. The van der Waals surface area contributed by atoms with Crippen LogP contribution in [0.2, 0.25) is 0 Å². The lowest BCUT2D eigenvalue weighted by Crippen LogP contribution is -2.09. The maximum absolute atomic E-state index is 11.3. The Balaban J connectivity index is 3.27. The van der Waals surface area contributed by atoms with Crippen molar-refractivity contribution in [1.29, 1.82) is 0 Å². The van der Waals surface area contributed by atoms with Crippen LogP contribution in [0, 0.1) is 11.3 Å². The maximum Gasteiger partial charge on any atom is 0.508 e. The number of hydrogen-bond acceptors (Lipinski definition) is 3.